The predicted molar refractivity (Wildman–Crippen MR) is 98.9 cm³/mol. The van der Waals surface area contributed by atoms with Gasteiger partial charge >= 0.3 is 0 Å². The van der Waals surface area contributed by atoms with E-state index in [1.54, 1.807) is 0 Å². The van der Waals surface area contributed by atoms with Crippen LogP contribution in [0.15, 0.2) is 60.7 Å². The van der Waals surface area contributed by atoms with Gasteiger partial charge in [-0.05, 0) is 19.1 Å². The number of hydrogen-bond acceptors (Lipinski definition) is 4. The molecule has 2 aromatic carbocycles. The monoisotopic (exact) mass is 374 g/mol. The first kappa shape index (κ1) is 19.8. The highest BCUT2D eigenvalue weighted by Crippen LogP contribution is 2.24. The molecule has 0 radical (unpaired) electrons. The molecule has 0 N–H and O–H groups in total. The molecule has 0 saturated carbocycles. The zero-order valence-electron chi connectivity index (χ0n) is 15.2. The lowest BCUT2D eigenvalue weighted by Gasteiger charge is -2.00. The Balaban J connectivity index is 0.000000352. The first-order valence-corrected chi connectivity index (χ1v) is 9.26. The van der Waals surface area contributed by atoms with E-state index in [-0.39, 0.29) is 0 Å². The molecule has 1 aromatic heterocycles. The van der Waals surface area contributed by atoms with Crippen LogP contribution in [0.25, 0.3) is 22.5 Å². The Hall–Kier alpha value is -2.48. The Morgan fingerprint density at radius 2 is 1.54 bits per heavy atom. The molecule has 3 aromatic rings. The number of rotatable bonds is 3. The lowest BCUT2D eigenvalue weighted by molar-refractivity contribution is -0.740. The molecule has 1 heterocycles. The number of nitrogens with zero attached hydrogens (tertiary/aromatic N) is 2. The molecule has 0 saturated heterocycles. The molecule has 0 atom stereocenters. The summed E-state index contributed by atoms with van der Waals surface area (Å²) in [6, 6.07) is 21.4. The largest absolute Gasteiger partial charge is 0.726 e. The zero-order valence-corrected chi connectivity index (χ0v) is 16.0. The molecule has 138 valence electrons. The molecule has 0 aliphatic heterocycles. The molecule has 0 unspecified atom stereocenters. The summed E-state index contributed by atoms with van der Waals surface area (Å²) in [7, 11) is 0.592. The molecule has 0 bridgehead atoms. The third-order valence-corrected chi connectivity index (χ3v) is 4.45. The fourth-order valence-corrected chi connectivity index (χ4v) is 2.51. The van der Waals surface area contributed by atoms with Crippen LogP contribution in [-0.2, 0) is 28.7 Å². The standard InChI is InChI=1S/C18H19N2.CH4O4S/c1-14-9-11-16(12-10-14)18-13-17(19(2)20(18)3)15-7-5-4-6-8-15;1-5-6(2,3)4/h4-13H,1-3H3;1H3,(H,2,3,4)/q+1;/p-1. The summed E-state index contributed by atoms with van der Waals surface area (Å²) < 4.78 is 35.4. The Bertz CT molecular complexity index is 963. The average molecular weight is 374 g/mol. The van der Waals surface area contributed by atoms with Crippen molar-refractivity contribution in [2.24, 2.45) is 14.1 Å². The van der Waals surface area contributed by atoms with E-state index in [1.165, 1.54) is 28.1 Å². The van der Waals surface area contributed by atoms with Crippen LogP contribution in [0.5, 0.6) is 0 Å². The predicted octanol–water partition coefficient (Wildman–Crippen LogP) is 2.59. The summed E-state index contributed by atoms with van der Waals surface area (Å²) in [5.74, 6) is 0. The van der Waals surface area contributed by atoms with Crippen LogP contribution in [-0.4, -0.2) is 24.8 Å². The Labute approximate surface area is 154 Å². The van der Waals surface area contributed by atoms with Crippen LogP contribution in [0.4, 0.5) is 0 Å². The van der Waals surface area contributed by atoms with Gasteiger partial charge < -0.3 is 4.55 Å². The van der Waals surface area contributed by atoms with Gasteiger partial charge in [-0.3, -0.25) is 4.18 Å². The molecule has 26 heavy (non-hydrogen) atoms. The van der Waals surface area contributed by atoms with Crippen molar-refractivity contribution >= 4 is 10.4 Å². The van der Waals surface area contributed by atoms with Crippen LogP contribution >= 0.6 is 0 Å². The van der Waals surface area contributed by atoms with E-state index in [0.717, 1.165) is 7.11 Å². The van der Waals surface area contributed by atoms with Gasteiger partial charge in [0.2, 0.25) is 16.1 Å². The molecule has 7 heteroatoms. The Morgan fingerprint density at radius 1 is 1.00 bits per heavy atom. The minimum absolute atomic E-state index is 0.808. The van der Waals surface area contributed by atoms with Crippen LogP contribution < -0.4 is 4.68 Å². The minimum atomic E-state index is -4.41. The lowest BCUT2D eigenvalue weighted by atomic mass is 10.1. The number of hydrogen-bond donors (Lipinski definition) is 0. The Kier molecular flexibility index (Phi) is 6.31. The fraction of sp³-hybridized carbons (Fsp3) is 0.211. The molecule has 0 aliphatic rings. The van der Waals surface area contributed by atoms with E-state index < -0.39 is 10.4 Å². The van der Waals surface area contributed by atoms with Gasteiger partial charge in [-0.25, -0.2) is 8.42 Å². The van der Waals surface area contributed by atoms with E-state index in [4.69, 9.17) is 0 Å². The SMILES string of the molecule is COS(=O)(=O)[O-].Cc1ccc(-c2cc(-c3ccccc3)[n+](C)n2C)cc1. The van der Waals surface area contributed by atoms with Gasteiger partial charge in [0, 0.05) is 17.2 Å². The topological polar surface area (TPSA) is 75.2 Å². The molecule has 0 aliphatic carbocycles. The quantitative estimate of drug-likeness (QED) is 0.401. The Morgan fingerprint density at radius 3 is 2.04 bits per heavy atom. The maximum absolute atomic E-state index is 9.22. The van der Waals surface area contributed by atoms with Crippen molar-refractivity contribution in [1.82, 2.24) is 4.68 Å². The molecular formula is C19H22N2O4S. The van der Waals surface area contributed by atoms with E-state index in [1.807, 2.05) is 6.07 Å². The zero-order chi connectivity index (χ0) is 19.3. The number of benzene rings is 2. The highest BCUT2D eigenvalue weighted by atomic mass is 32.3. The third kappa shape index (κ3) is 5.01. The van der Waals surface area contributed by atoms with Crippen molar-refractivity contribution in [3.8, 4) is 22.5 Å². The van der Waals surface area contributed by atoms with E-state index in [0.29, 0.717) is 0 Å². The van der Waals surface area contributed by atoms with E-state index >= 15 is 0 Å². The minimum Gasteiger partial charge on any atom is -0.726 e. The van der Waals surface area contributed by atoms with Gasteiger partial charge in [0.25, 0.3) is 0 Å². The summed E-state index contributed by atoms with van der Waals surface area (Å²) in [4.78, 5) is 0. The highest BCUT2D eigenvalue weighted by molar-refractivity contribution is 7.80. The number of aromatic nitrogens is 2. The summed E-state index contributed by atoms with van der Waals surface area (Å²) in [5.41, 5.74) is 6.23. The molecular weight excluding hydrogens is 352 g/mol. The van der Waals surface area contributed by atoms with Crippen molar-refractivity contribution in [1.29, 1.82) is 0 Å². The first-order valence-electron chi connectivity index (χ1n) is 7.93. The normalized spacial score (nSPS) is 11.0. The second-order valence-electron chi connectivity index (χ2n) is 5.77. The molecule has 6 nitrogen and oxygen atoms in total. The second-order valence-corrected chi connectivity index (χ2v) is 6.92. The molecule has 0 fully saturated rings. The van der Waals surface area contributed by atoms with Gasteiger partial charge in [0.1, 0.15) is 5.69 Å². The van der Waals surface area contributed by atoms with Gasteiger partial charge in [-0.1, -0.05) is 48.0 Å². The van der Waals surface area contributed by atoms with Gasteiger partial charge in [0.05, 0.1) is 14.2 Å². The fourth-order valence-electron chi connectivity index (χ4n) is 2.51. The van der Waals surface area contributed by atoms with Crippen LogP contribution in [0.2, 0.25) is 0 Å². The summed E-state index contributed by atoms with van der Waals surface area (Å²) >= 11 is 0. The van der Waals surface area contributed by atoms with E-state index in [9.17, 15) is 13.0 Å². The maximum Gasteiger partial charge on any atom is 0.238 e. The van der Waals surface area contributed by atoms with Crippen LogP contribution in [0, 0.1) is 6.92 Å². The molecule has 0 spiro atoms. The van der Waals surface area contributed by atoms with Crippen molar-refractivity contribution < 1.29 is 21.8 Å². The van der Waals surface area contributed by atoms with Crippen LogP contribution in [0.1, 0.15) is 5.56 Å². The van der Waals surface area contributed by atoms with E-state index in [2.05, 4.69) is 89.2 Å². The van der Waals surface area contributed by atoms with Crippen LogP contribution in [0.3, 0.4) is 0 Å². The summed E-state index contributed by atoms with van der Waals surface area (Å²) in [6.07, 6.45) is 0. The van der Waals surface area contributed by atoms with Crippen molar-refractivity contribution in [3.63, 3.8) is 0 Å². The maximum atomic E-state index is 9.22. The van der Waals surface area contributed by atoms with Crippen molar-refractivity contribution in [2.45, 2.75) is 6.92 Å². The lowest BCUT2D eigenvalue weighted by Crippen LogP contribution is -2.39. The average Bonchev–Trinajstić information content (AvgIpc) is 2.92. The van der Waals surface area contributed by atoms with Gasteiger partial charge in [-0.15, -0.1) is 4.68 Å². The second kappa shape index (κ2) is 8.27. The van der Waals surface area contributed by atoms with Crippen molar-refractivity contribution in [2.75, 3.05) is 7.11 Å². The number of aryl methyl sites for hydroxylation is 1. The molecule has 3 rings (SSSR count). The third-order valence-electron chi connectivity index (χ3n) is 4.04. The first-order chi connectivity index (χ1) is 12.2. The molecule has 0 amide bonds. The van der Waals surface area contributed by atoms with Gasteiger partial charge in [0.15, 0.2) is 7.05 Å². The summed E-state index contributed by atoms with van der Waals surface area (Å²) in [5, 5.41) is 0. The van der Waals surface area contributed by atoms with Crippen molar-refractivity contribution in [3.05, 3.63) is 66.2 Å². The highest BCUT2D eigenvalue weighted by Gasteiger charge is 2.19. The summed E-state index contributed by atoms with van der Waals surface area (Å²) in [6.45, 7) is 2.12. The van der Waals surface area contributed by atoms with Gasteiger partial charge in [-0.2, -0.15) is 4.68 Å². The smallest absolute Gasteiger partial charge is 0.238 e.